The van der Waals surface area contributed by atoms with Crippen LogP contribution in [0, 0.1) is 11.8 Å². The molecule has 0 amide bonds. The molecule has 0 aromatic rings. The van der Waals surface area contributed by atoms with Gasteiger partial charge in [-0.25, -0.2) is 0 Å². The van der Waals surface area contributed by atoms with Gasteiger partial charge in [0.25, 0.3) is 0 Å². The SMILES string of the molecule is CCC1CCCC(C)C1[Si]. The van der Waals surface area contributed by atoms with E-state index in [1.165, 1.54) is 25.7 Å². The van der Waals surface area contributed by atoms with Crippen LogP contribution in [0.15, 0.2) is 0 Å². The summed E-state index contributed by atoms with van der Waals surface area (Å²) in [7, 11) is 3.83. The van der Waals surface area contributed by atoms with Crippen LogP contribution in [0.3, 0.4) is 0 Å². The van der Waals surface area contributed by atoms with Gasteiger partial charge >= 0.3 is 0 Å². The first-order valence-electron chi connectivity index (χ1n) is 4.46. The van der Waals surface area contributed by atoms with Gasteiger partial charge in [-0.15, -0.1) is 0 Å². The number of hydrogen-bond donors (Lipinski definition) is 0. The third-order valence-electron chi connectivity index (χ3n) is 2.88. The van der Waals surface area contributed by atoms with Gasteiger partial charge in [-0.2, -0.15) is 0 Å². The third kappa shape index (κ3) is 1.63. The minimum absolute atomic E-state index is 0.791. The highest BCUT2D eigenvalue weighted by molar-refractivity contribution is 6.12. The summed E-state index contributed by atoms with van der Waals surface area (Å²) in [5.41, 5.74) is 0.791. The normalized spacial score (nSPS) is 41.7. The van der Waals surface area contributed by atoms with Crippen LogP contribution in [0.2, 0.25) is 5.54 Å². The minimum Gasteiger partial charge on any atom is -0.0651 e. The summed E-state index contributed by atoms with van der Waals surface area (Å²) in [5, 5.41) is 0. The predicted molar refractivity (Wildman–Crippen MR) is 46.3 cm³/mol. The first kappa shape index (κ1) is 8.31. The van der Waals surface area contributed by atoms with Crippen LogP contribution >= 0.6 is 0 Å². The van der Waals surface area contributed by atoms with E-state index in [4.69, 9.17) is 0 Å². The zero-order valence-corrected chi connectivity index (χ0v) is 8.06. The van der Waals surface area contributed by atoms with E-state index in [1.54, 1.807) is 0 Å². The van der Waals surface area contributed by atoms with E-state index < -0.39 is 0 Å². The Kier molecular flexibility index (Phi) is 2.96. The maximum Gasteiger partial charge on any atom is 0.0273 e. The topological polar surface area (TPSA) is 0 Å². The van der Waals surface area contributed by atoms with E-state index >= 15 is 0 Å². The lowest BCUT2D eigenvalue weighted by Gasteiger charge is -2.33. The highest BCUT2D eigenvalue weighted by Gasteiger charge is 2.25. The van der Waals surface area contributed by atoms with Crippen molar-refractivity contribution in [3.63, 3.8) is 0 Å². The van der Waals surface area contributed by atoms with Crippen molar-refractivity contribution in [1.29, 1.82) is 0 Å². The highest BCUT2D eigenvalue weighted by atomic mass is 28.1. The summed E-state index contributed by atoms with van der Waals surface area (Å²) >= 11 is 0. The Bertz CT molecular complexity index is 101. The lowest BCUT2D eigenvalue weighted by Crippen LogP contribution is -2.21. The molecule has 0 saturated heterocycles. The van der Waals surface area contributed by atoms with Crippen LogP contribution in [0.4, 0.5) is 0 Å². The van der Waals surface area contributed by atoms with E-state index in [2.05, 4.69) is 24.1 Å². The fourth-order valence-corrected chi connectivity index (χ4v) is 2.55. The largest absolute Gasteiger partial charge is 0.0651 e. The summed E-state index contributed by atoms with van der Waals surface area (Å²) in [6, 6.07) is 0. The second-order valence-corrected chi connectivity index (χ2v) is 4.27. The van der Waals surface area contributed by atoms with Crippen molar-refractivity contribution in [2.75, 3.05) is 0 Å². The van der Waals surface area contributed by atoms with Gasteiger partial charge in [0.2, 0.25) is 0 Å². The van der Waals surface area contributed by atoms with Crippen molar-refractivity contribution < 1.29 is 0 Å². The Hall–Kier alpha value is 0.217. The van der Waals surface area contributed by atoms with Crippen molar-refractivity contribution in [3.8, 4) is 0 Å². The molecule has 3 atom stereocenters. The molecule has 1 fully saturated rings. The molecular weight excluding hydrogens is 136 g/mol. The molecule has 3 radical (unpaired) electrons. The van der Waals surface area contributed by atoms with Crippen LogP contribution < -0.4 is 0 Å². The molecule has 1 rings (SSSR count). The number of hydrogen-bond acceptors (Lipinski definition) is 0. The Labute approximate surface area is 67.8 Å². The molecule has 1 heteroatoms. The lowest BCUT2D eigenvalue weighted by atomic mass is 9.80. The molecule has 1 saturated carbocycles. The number of rotatable bonds is 1. The van der Waals surface area contributed by atoms with Gasteiger partial charge in [-0.05, 0) is 17.4 Å². The van der Waals surface area contributed by atoms with Gasteiger partial charge in [0, 0.05) is 10.2 Å². The Balaban J connectivity index is 2.42. The molecule has 0 spiro atoms. The van der Waals surface area contributed by atoms with E-state index in [1.807, 2.05) is 0 Å². The molecule has 57 valence electrons. The molecule has 0 heterocycles. The van der Waals surface area contributed by atoms with Crippen LogP contribution in [0.25, 0.3) is 0 Å². The maximum atomic E-state index is 3.83. The molecular formula is C9H17Si. The van der Waals surface area contributed by atoms with Gasteiger partial charge in [0.05, 0.1) is 0 Å². The van der Waals surface area contributed by atoms with Crippen LogP contribution in [-0.2, 0) is 0 Å². The van der Waals surface area contributed by atoms with Gasteiger partial charge in [-0.1, -0.05) is 39.5 Å². The fourth-order valence-electron chi connectivity index (χ4n) is 1.98. The second-order valence-electron chi connectivity index (χ2n) is 3.60. The molecule has 1 aliphatic rings. The predicted octanol–water partition coefficient (Wildman–Crippen LogP) is 2.79. The Morgan fingerprint density at radius 3 is 2.60 bits per heavy atom. The first-order chi connectivity index (χ1) is 4.75. The summed E-state index contributed by atoms with van der Waals surface area (Å²) in [4.78, 5) is 0. The maximum absolute atomic E-state index is 3.83. The summed E-state index contributed by atoms with van der Waals surface area (Å²) in [5.74, 6) is 1.84. The molecule has 0 nitrogen and oxygen atoms in total. The molecule has 0 bridgehead atoms. The van der Waals surface area contributed by atoms with Crippen molar-refractivity contribution >= 4 is 10.2 Å². The third-order valence-corrected chi connectivity index (χ3v) is 3.92. The standard InChI is InChI=1S/C9H17Si/c1-3-8-6-4-5-7(2)9(8)10/h7-9H,3-6H2,1-2H3. The van der Waals surface area contributed by atoms with E-state index in [0.29, 0.717) is 0 Å². The van der Waals surface area contributed by atoms with E-state index in [9.17, 15) is 0 Å². The van der Waals surface area contributed by atoms with Gasteiger partial charge in [0.15, 0.2) is 0 Å². The van der Waals surface area contributed by atoms with Crippen molar-refractivity contribution in [3.05, 3.63) is 0 Å². The average Bonchev–Trinajstić information content (AvgIpc) is 1.95. The van der Waals surface area contributed by atoms with Gasteiger partial charge in [0.1, 0.15) is 0 Å². The average molecular weight is 153 g/mol. The van der Waals surface area contributed by atoms with Crippen LogP contribution in [0.5, 0.6) is 0 Å². The van der Waals surface area contributed by atoms with Crippen LogP contribution in [0.1, 0.15) is 39.5 Å². The smallest absolute Gasteiger partial charge is 0.0273 e. The summed E-state index contributed by atoms with van der Waals surface area (Å²) < 4.78 is 0. The fraction of sp³-hybridized carbons (Fsp3) is 1.00. The second kappa shape index (κ2) is 3.56. The van der Waals surface area contributed by atoms with Gasteiger partial charge < -0.3 is 0 Å². The summed E-state index contributed by atoms with van der Waals surface area (Å²) in [6.07, 6.45) is 5.65. The Morgan fingerprint density at radius 1 is 1.40 bits per heavy atom. The minimum atomic E-state index is 0.791. The molecule has 0 aromatic carbocycles. The van der Waals surface area contributed by atoms with Crippen molar-refractivity contribution in [2.45, 2.75) is 45.1 Å². The molecule has 1 aliphatic carbocycles. The van der Waals surface area contributed by atoms with Crippen molar-refractivity contribution in [1.82, 2.24) is 0 Å². The zero-order valence-electron chi connectivity index (χ0n) is 7.06. The van der Waals surface area contributed by atoms with E-state index in [-0.39, 0.29) is 0 Å². The van der Waals surface area contributed by atoms with Crippen LogP contribution in [-0.4, -0.2) is 10.2 Å². The lowest BCUT2D eigenvalue weighted by molar-refractivity contribution is 0.278. The molecule has 0 aromatic heterocycles. The molecule has 0 aliphatic heterocycles. The van der Waals surface area contributed by atoms with Crippen molar-refractivity contribution in [2.24, 2.45) is 11.8 Å². The molecule has 3 unspecified atom stereocenters. The monoisotopic (exact) mass is 153 g/mol. The molecule has 0 N–H and O–H groups in total. The van der Waals surface area contributed by atoms with E-state index in [0.717, 1.165) is 17.4 Å². The van der Waals surface area contributed by atoms with Gasteiger partial charge in [-0.3, -0.25) is 0 Å². The zero-order chi connectivity index (χ0) is 7.56. The highest BCUT2D eigenvalue weighted by Crippen LogP contribution is 2.38. The Morgan fingerprint density at radius 2 is 2.10 bits per heavy atom. The summed E-state index contributed by atoms with van der Waals surface area (Å²) in [6.45, 7) is 4.66. The quantitative estimate of drug-likeness (QED) is 0.508. The molecule has 10 heavy (non-hydrogen) atoms. The first-order valence-corrected chi connectivity index (χ1v) is 5.04.